The van der Waals surface area contributed by atoms with Gasteiger partial charge < -0.3 is 15.4 Å². The molecule has 2 rings (SSSR count). The molecule has 2 amide bonds. The van der Waals surface area contributed by atoms with Crippen molar-refractivity contribution >= 4 is 17.5 Å². The molecule has 0 spiro atoms. The molecule has 6 heteroatoms. The molecule has 0 bridgehead atoms. The molecule has 2 unspecified atom stereocenters. The summed E-state index contributed by atoms with van der Waals surface area (Å²) in [6.45, 7) is 1.15. The van der Waals surface area contributed by atoms with Gasteiger partial charge in [0.05, 0.1) is 23.1 Å². The monoisotopic (exact) mass is 301 g/mol. The van der Waals surface area contributed by atoms with Crippen LogP contribution in [0.3, 0.4) is 0 Å². The number of ether oxygens (including phenoxy) is 1. The minimum absolute atomic E-state index is 0.0928. The second-order valence-electron chi connectivity index (χ2n) is 5.23. The van der Waals surface area contributed by atoms with Crippen LogP contribution in [0.5, 0.6) is 0 Å². The first-order chi connectivity index (χ1) is 10.7. The minimum Gasteiger partial charge on any atom is -0.385 e. The third-order valence-corrected chi connectivity index (χ3v) is 3.59. The number of methoxy groups -OCH3 is 1. The predicted molar refractivity (Wildman–Crippen MR) is 80.9 cm³/mol. The molecule has 0 saturated heterocycles. The summed E-state index contributed by atoms with van der Waals surface area (Å²) in [5, 5.41) is 14.5. The van der Waals surface area contributed by atoms with Gasteiger partial charge in [-0.3, -0.25) is 9.59 Å². The van der Waals surface area contributed by atoms with Crippen LogP contribution in [-0.2, 0) is 14.3 Å². The number of nitrogens with one attached hydrogen (secondary N) is 2. The van der Waals surface area contributed by atoms with E-state index in [0.29, 0.717) is 30.8 Å². The zero-order valence-corrected chi connectivity index (χ0v) is 12.5. The molecule has 1 saturated carbocycles. The van der Waals surface area contributed by atoms with E-state index in [2.05, 4.69) is 10.6 Å². The molecule has 1 aliphatic rings. The smallest absolute Gasteiger partial charge is 0.228 e. The lowest BCUT2D eigenvalue weighted by Gasteiger charge is -2.07. The van der Waals surface area contributed by atoms with Crippen molar-refractivity contribution < 1.29 is 14.3 Å². The lowest BCUT2D eigenvalue weighted by atomic mass is 10.2. The van der Waals surface area contributed by atoms with Gasteiger partial charge in [-0.05, 0) is 25.0 Å². The lowest BCUT2D eigenvalue weighted by Crippen LogP contribution is -2.28. The Labute approximate surface area is 129 Å². The van der Waals surface area contributed by atoms with Crippen molar-refractivity contribution in [3.05, 3.63) is 29.8 Å². The number of nitriles is 1. The average molecular weight is 301 g/mol. The fourth-order valence-corrected chi connectivity index (χ4v) is 2.25. The number of hydrogen-bond acceptors (Lipinski definition) is 4. The first-order valence-electron chi connectivity index (χ1n) is 7.24. The van der Waals surface area contributed by atoms with E-state index >= 15 is 0 Å². The van der Waals surface area contributed by atoms with Crippen LogP contribution in [0.2, 0.25) is 0 Å². The van der Waals surface area contributed by atoms with Crippen molar-refractivity contribution in [2.45, 2.75) is 12.8 Å². The molecule has 0 heterocycles. The summed E-state index contributed by atoms with van der Waals surface area (Å²) >= 11 is 0. The fourth-order valence-electron chi connectivity index (χ4n) is 2.25. The van der Waals surface area contributed by atoms with Gasteiger partial charge >= 0.3 is 0 Å². The maximum atomic E-state index is 12.1. The molecule has 2 N–H and O–H groups in total. The number of rotatable bonds is 7. The third kappa shape index (κ3) is 4.06. The maximum absolute atomic E-state index is 12.1. The van der Waals surface area contributed by atoms with Crippen molar-refractivity contribution in [1.29, 1.82) is 5.26 Å². The molecule has 0 aliphatic heterocycles. The van der Waals surface area contributed by atoms with Crippen LogP contribution in [0.25, 0.3) is 0 Å². The van der Waals surface area contributed by atoms with Crippen LogP contribution in [0.15, 0.2) is 24.3 Å². The van der Waals surface area contributed by atoms with E-state index in [4.69, 9.17) is 10.00 Å². The van der Waals surface area contributed by atoms with Gasteiger partial charge in [-0.25, -0.2) is 0 Å². The van der Waals surface area contributed by atoms with Crippen LogP contribution in [0.1, 0.15) is 18.4 Å². The van der Waals surface area contributed by atoms with Gasteiger partial charge in [-0.15, -0.1) is 0 Å². The number of carbonyl (C=O) groups excluding carboxylic acids is 2. The summed E-state index contributed by atoms with van der Waals surface area (Å²) in [5.41, 5.74) is 0.901. The van der Waals surface area contributed by atoms with Crippen LogP contribution < -0.4 is 10.6 Å². The molecule has 1 aromatic rings. The minimum atomic E-state index is -0.311. The molecule has 6 nitrogen and oxygen atoms in total. The predicted octanol–water partition coefficient (Wildman–Crippen LogP) is 1.29. The summed E-state index contributed by atoms with van der Waals surface area (Å²) in [6.07, 6.45) is 1.30. The normalized spacial score (nSPS) is 19.1. The first-order valence-corrected chi connectivity index (χ1v) is 7.24. The zero-order valence-electron chi connectivity index (χ0n) is 12.5. The fraction of sp³-hybridized carbons (Fsp3) is 0.438. The van der Waals surface area contributed by atoms with Gasteiger partial charge in [0.15, 0.2) is 0 Å². The van der Waals surface area contributed by atoms with Gasteiger partial charge in [0, 0.05) is 20.3 Å². The lowest BCUT2D eigenvalue weighted by molar-refractivity contribution is -0.125. The van der Waals surface area contributed by atoms with E-state index in [9.17, 15) is 9.59 Å². The molecule has 0 aromatic heterocycles. The van der Waals surface area contributed by atoms with Crippen molar-refractivity contribution in [3.63, 3.8) is 0 Å². The molecule has 22 heavy (non-hydrogen) atoms. The number of hydrogen-bond donors (Lipinski definition) is 2. The molecule has 1 fully saturated rings. The summed E-state index contributed by atoms with van der Waals surface area (Å²) < 4.78 is 4.91. The van der Waals surface area contributed by atoms with Gasteiger partial charge in [0.1, 0.15) is 6.07 Å². The zero-order chi connectivity index (χ0) is 15.9. The van der Waals surface area contributed by atoms with Crippen LogP contribution in [-0.4, -0.2) is 32.1 Å². The van der Waals surface area contributed by atoms with Crippen LogP contribution >= 0.6 is 0 Å². The Morgan fingerprint density at radius 3 is 2.77 bits per heavy atom. The largest absolute Gasteiger partial charge is 0.385 e. The standard InChI is InChI=1S/C16H19N3O3/c1-22-8-4-7-18-15(20)12-9-13(12)16(21)19-14-6-3-2-5-11(14)10-17/h2-3,5-6,12-13H,4,7-9H2,1H3,(H,18,20)(H,19,21). The molecular weight excluding hydrogens is 282 g/mol. The molecule has 1 aromatic carbocycles. The highest BCUT2D eigenvalue weighted by atomic mass is 16.5. The second-order valence-corrected chi connectivity index (χ2v) is 5.23. The van der Waals surface area contributed by atoms with E-state index in [0.717, 1.165) is 6.42 Å². The van der Waals surface area contributed by atoms with Gasteiger partial charge in [-0.2, -0.15) is 5.26 Å². The number of para-hydroxylation sites is 1. The van der Waals surface area contributed by atoms with Crippen molar-refractivity contribution in [2.75, 3.05) is 25.6 Å². The number of amides is 2. The number of carbonyl (C=O) groups is 2. The van der Waals surface area contributed by atoms with Crippen LogP contribution in [0, 0.1) is 23.2 Å². The molecule has 1 aliphatic carbocycles. The van der Waals surface area contributed by atoms with E-state index in [1.807, 2.05) is 6.07 Å². The highest BCUT2D eigenvalue weighted by Gasteiger charge is 2.47. The van der Waals surface area contributed by atoms with E-state index < -0.39 is 0 Å². The quantitative estimate of drug-likeness (QED) is 0.742. The first kappa shape index (κ1) is 16.0. The van der Waals surface area contributed by atoms with Crippen molar-refractivity contribution in [2.24, 2.45) is 11.8 Å². The molecule has 116 valence electrons. The van der Waals surface area contributed by atoms with Gasteiger partial charge in [0.2, 0.25) is 11.8 Å². The highest BCUT2D eigenvalue weighted by molar-refractivity contribution is 6.00. The Kier molecular flexibility index (Phi) is 5.50. The highest BCUT2D eigenvalue weighted by Crippen LogP contribution is 2.39. The average Bonchev–Trinajstić information content (AvgIpc) is 3.32. The topological polar surface area (TPSA) is 91.2 Å². The second kappa shape index (κ2) is 7.57. The van der Waals surface area contributed by atoms with Gasteiger partial charge in [0.25, 0.3) is 0 Å². The van der Waals surface area contributed by atoms with E-state index in [1.165, 1.54) is 0 Å². The third-order valence-electron chi connectivity index (χ3n) is 3.59. The molecule has 0 radical (unpaired) electrons. The Balaban J connectivity index is 1.81. The number of nitrogens with zero attached hydrogens (tertiary/aromatic N) is 1. The maximum Gasteiger partial charge on any atom is 0.228 e. The number of anilines is 1. The van der Waals surface area contributed by atoms with Crippen molar-refractivity contribution in [3.8, 4) is 6.07 Å². The van der Waals surface area contributed by atoms with Crippen LogP contribution in [0.4, 0.5) is 5.69 Å². The van der Waals surface area contributed by atoms with E-state index in [-0.39, 0.29) is 23.7 Å². The number of benzene rings is 1. The summed E-state index contributed by atoms with van der Waals surface area (Å²) in [4.78, 5) is 24.0. The Bertz CT molecular complexity index is 595. The molecule has 2 atom stereocenters. The van der Waals surface area contributed by atoms with Gasteiger partial charge in [-0.1, -0.05) is 12.1 Å². The summed E-state index contributed by atoms with van der Waals surface area (Å²) in [5.74, 6) is -0.879. The molecular formula is C16H19N3O3. The summed E-state index contributed by atoms with van der Waals surface area (Å²) in [7, 11) is 1.61. The van der Waals surface area contributed by atoms with E-state index in [1.54, 1.807) is 31.4 Å². The Hall–Kier alpha value is -2.39. The Morgan fingerprint density at radius 1 is 1.32 bits per heavy atom. The Morgan fingerprint density at radius 2 is 2.05 bits per heavy atom. The van der Waals surface area contributed by atoms with Crippen molar-refractivity contribution in [1.82, 2.24) is 5.32 Å². The summed E-state index contributed by atoms with van der Waals surface area (Å²) in [6, 6.07) is 8.84. The SMILES string of the molecule is COCCCNC(=O)C1CC1C(=O)Nc1ccccc1C#N.